The Hall–Kier alpha value is -1.91. The first-order valence-corrected chi connectivity index (χ1v) is 7.68. The van der Waals surface area contributed by atoms with Gasteiger partial charge in [-0.15, -0.1) is 0 Å². The summed E-state index contributed by atoms with van der Waals surface area (Å²) in [7, 11) is 1.43. The molecule has 2 atom stereocenters. The van der Waals surface area contributed by atoms with Crippen LogP contribution in [0.3, 0.4) is 0 Å². The van der Waals surface area contributed by atoms with Gasteiger partial charge in [-0.1, -0.05) is 36.4 Å². The van der Waals surface area contributed by atoms with E-state index < -0.39 is 6.04 Å². The molecule has 1 N–H and O–H groups in total. The number of esters is 1. The molecule has 0 radical (unpaired) electrons. The van der Waals surface area contributed by atoms with E-state index in [1.54, 1.807) is 0 Å². The van der Waals surface area contributed by atoms with Crippen LogP contribution in [0.2, 0.25) is 0 Å². The topological polar surface area (TPSA) is 47.6 Å². The van der Waals surface area contributed by atoms with Gasteiger partial charge < -0.3 is 9.47 Å². The lowest BCUT2D eigenvalue weighted by atomic mass is 10.00. The van der Waals surface area contributed by atoms with E-state index in [2.05, 4.69) is 17.4 Å². The second-order valence-electron chi connectivity index (χ2n) is 5.64. The van der Waals surface area contributed by atoms with Gasteiger partial charge in [0, 0.05) is 12.6 Å². The monoisotopic (exact) mass is 299 g/mol. The Labute approximate surface area is 130 Å². The van der Waals surface area contributed by atoms with Crippen LogP contribution in [-0.4, -0.2) is 32.3 Å². The van der Waals surface area contributed by atoms with Crippen molar-refractivity contribution >= 4 is 16.7 Å². The molecule has 0 aliphatic carbocycles. The number of rotatable bonds is 4. The summed E-state index contributed by atoms with van der Waals surface area (Å²) in [6.45, 7) is 1.44. The Morgan fingerprint density at radius 3 is 2.82 bits per heavy atom. The number of benzene rings is 2. The summed E-state index contributed by atoms with van der Waals surface area (Å²) >= 11 is 0. The number of nitrogens with one attached hydrogen (secondary N) is 1. The largest absolute Gasteiger partial charge is 0.468 e. The van der Waals surface area contributed by atoms with Gasteiger partial charge in [0.25, 0.3) is 0 Å². The van der Waals surface area contributed by atoms with Gasteiger partial charge in [0.2, 0.25) is 0 Å². The van der Waals surface area contributed by atoms with Crippen LogP contribution in [-0.2, 0) is 14.3 Å². The predicted octanol–water partition coefficient (Wildman–Crippen LogP) is 2.82. The van der Waals surface area contributed by atoms with E-state index in [0.717, 1.165) is 35.8 Å². The minimum Gasteiger partial charge on any atom is -0.468 e. The number of carbonyl (C=O) groups excluding carboxylic acids is 1. The van der Waals surface area contributed by atoms with Crippen LogP contribution in [0.4, 0.5) is 0 Å². The fraction of sp³-hybridized carbons (Fsp3) is 0.389. The highest BCUT2D eigenvalue weighted by molar-refractivity contribution is 5.85. The zero-order valence-electron chi connectivity index (χ0n) is 12.7. The van der Waals surface area contributed by atoms with Crippen LogP contribution in [0, 0.1) is 0 Å². The highest BCUT2D eigenvalue weighted by atomic mass is 16.5. The predicted molar refractivity (Wildman–Crippen MR) is 85.7 cm³/mol. The number of ether oxygens (including phenoxy) is 2. The summed E-state index contributed by atoms with van der Waals surface area (Å²) in [4.78, 5) is 12.2. The fourth-order valence-electron chi connectivity index (χ4n) is 2.91. The van der Waals surface area contributed by atoms with Crippen molar-refractivity contribution in [2.45, 2.75) is 24.9 Å². The molecule has 1 aliphatic rings. The zero-order valence-corrected chi connectivity index (χ0v) is 12.7. The van der Waals surface area contributed by atoms with Gasteiger partial charge in [0.15, 0.2) is 0 Å². The fourth-order valence-corrected chi connectivity index (χ4v) is 2.91. The Balaban J connectivity index is 1.87. The molecule has 0 amide bonds. The molecule has 22 heavy (non-hydrogen) atoms. The van der Waals surface area contributed by atoms with E-state index in [-0.39, 0.29) is 12.0 Å². The van der Waals surface area contributed by atoms with Crippen LogP contribution >= 0.6 is 0 Å². The lowest BCUT2D eigenvalue weighted by Gasteiger charge is -2.27. The van der Waals surface area contributed by atoms with E-state index in [9.17, 15) is 4.79 Å². The first kappa shape index (κ1) is 15.0. The Kier molecular flexibility index (Phi) is 4.71. The molecule has 0 bridgehead atoms. The number of hydrogen-bond acceptors (Lipinski definition) is 4. The van der Waals surface area contributed by atoms with Crippen molar-refractivity contribution in [3.8, 4) is 0 Å². The van der Waals surface area contributed by atoms with E-state index in [0.29, 0.717) is 6.61 Å². The van der Waals surface area contributed by atoms with E-state index in [1.807, 2.05) is 30.3 Å². The molecule has 4 heteroatoms. The van der Waals surface area contributed by atoms with Crippen LogP contribution in [0.1, 0.15) is 24.4 Å². The molecule has 3 rings (SSSR count). The van der Waals surface area contributed by atoms with Gasteiger partial charge in [-0.3, -0.25) is 5.32 Å². The van der Waals surface area contributed by atoms with Crippen molar-refractivity contribution in [2.24, 2.45) is 0 Å². The van der Waals surface area contributed by atoms with Crippen molar-refractivity contribution in [1.82, 2.24) is 5.32 Å². The normalized spacial score (nSPS) is 19.8. The molecule has 1 aliphatic heterocycles. The maximum absolute atomic E-state index is 12.2. The first-order valence-electron chi connectivity index (χ1n) is 7.68. The van der Waals surface area contributed by atoms with Crippen molar-refractivity contribution < 1.29 is 14.3 Å². The van der Waals surface area contributed by atoms with Crippen molar-refractivity contribution in [3.63, 3.8) is 0 Å². The van der Waals surface area contributed by atoms with E-state index in [4.69, 9.17) is 9.47 Å². The van der Waals surface area contributed by atoms with E-state index >= 15 is 0 Å². The second-order valence-corrected chi connectivity index (χ2v) is 5.64. The van der Waals surface area contributed by atoms with Gasteiger partial charge in [-0.25, -0.2) is 4.79 Å². The maximum atomic E-state index is 12.2. The lowest BCUT2D eigenvalue weighted by molar-refractivity contribution is -0.143. The smallest absolute Gasteiger partial charge is 0.327 e. The molecule has 0 saturated carbocycles. The third-order valence-corrected chi connectivity index (χ3v) is 4.11. The summed E-state index contributed by atoms with van der Waals surface area (Å²) in [6, 6.07) is 13.9. The molecule has 1 fully saturated rings. The van der Waals surface area contributed by atoms with Crippen molar-refractivity contribution in [1.29, 1.82) is 0 Å². The Morgan fingerprint density at radius 2 is 2.09 bits per heavy atom. The van der Waals surface area contributed by atoms with E-state index in [1.165, 1.54) is 7.11 Å². The zero-order chi connectivity index (χ0) is 15.4. The molecular weight excluding hydrogens is 278 g/mol. The van der Waals surface area contributed by atoms with Gasteiger partial charge in [0.05, 0.1) is 13.7 Å². The van der Waals surface area contributed by atoms with Gasteiger partial charge in [0.1, 0.15) is 6.04 Å². The number of hydrogen-bond donors (Lipinski definition) is 1. The highest BCUT2D eigenvalue weighted by Gasteiger charge is 2.26. The highest BCUT2D eigenvalue weighted by Crippen LogP contribution is 2.23. The molecule has 1 heterocycles. The molecule has 1 saturated heterocycles. The molecule has 0 aromatic heterocycles. The SMILES string of the molecule is COC(=O)C(NC1CCCOC1)c1ccc2ccccc2c1. The molecule has 0 spiro atoms. The standard InChI is InChI=1S/C18H21NO3/c1-21-18(20)17(19-16-7-4-10-22-12-16)15-9-8-13-5-2-3-6-14(13)11-15/h2-3,5-6,8-9,11,16-17,19H,4,7,10,12H2,1H3. The number of carbonyl (C=O) groups is 1. The number of methoxy groups -OCH3 is 1. The van der Waals surface area contributed by atoms with Crippen LogP contribution in [0.5, 0.6) is 0 Å². The third-order valence-electron chi connectivity index (χ3n) is 4.11. The van der Waals surface area contributed by atoms with Gasteiger partial charge in [-0.2, -0.15) is 0 Å². The van der Waals surface area contributed by atoms with Gasteiger partial charge in [-0.05, 0) is 35.2 Å². The minimum absolute atomic E-state index is 0.185. The second kappa shape index (κ2) is 6.90. The molecule has 2 aromatic rings. The van der Waals surface area contributed by atoms with Crippen LogP contribution in [0.15, 0.2) is 42.5 Å². The molecule has 2 unspecified atom stereocenters. The quantitative estimate of drug-likeness (QED) is 0.882. The Bertz CT molecular complexity index is 650. The molecular formula is C18H21NO3. The minimum atomic E-state index is -0.457. The van der Waals surface area contributed by atoms with Crippen molar-refractivity contribution in [3.05, 3.63) is 48.0 Å². The molecule has 4 nitrogen and oxygen atoms in total. The maximum Gasteiger partial charge on any atom is 0.327 e. The van der Waals surface area contributed by atoms with Crippen LogP contribution in [0.25, 0.3) is 10.8 Å². The third kappa shape index (κ3) is 3.29. The summed E-state index contributed by atoms with van der Waals surface area (Å²) in [5.41, 5.74) is 0.927. The summed E-state index contributed by atoms with van der Waals surface area (Å²) in [5, 5.41) is 5.67. The molecule has 2 aromatic carbocycles. The average Bonchev–Trinajstić information content (AvgIpc) is 2.59. The Morgan fingerprint density at radius 1 is 1.27 bits per heavy atom. The first-order chi connectivity index (χ1) is 10.8. The van der Waals surface area contributed by atoms with Crippen molar-refractivity contribution in [2.75, 3.05) is 20.3 Å². The number of fused-ring (bicyclic) bond motifs is 1. The summed E-state index contributed by atoms with van der Waals surface area (Å²) in [5.74, 6) is -0.263. The lowest BCUT2D eigenvalue weighted by Crippen LogP contribution is -2.42. The average molecular weight is 299 g/mol. The summed E-state index contributed by atoms with van der Waals surface area (Å²) in [6.07, 6.45) is 2.03. The van der Waals surface area contributed by atoms with Gasteiger partial charge >= 0.3 is 5.97 Å². The summed E-state index contributed by atoms with van der Waals surface area (Å²) < 4.78 is 10.5. The van der Waals surface area contributed by atoms with Crippen LogP contribution < -0.4 is 5.32 Å². The molecule has 116 valence electrons.